The molecule has 29 heavy (non-hydrogen) atoms. The molecular weight excluding hydrogens is 371 g/mol. The Kier molecular flexibility index (Phi) is 8.12. The molecule has 6 nitrogen and oxygen atoms in total. The first-order valence-electron chi connectivity index (χ1n) is 9.48. The number of methoxy groups -OCH3 is 2. The maximum atomic E-state index is 14.2. The topological polar surface area (TPSA) is 49.3 Å². The fourth-order valence-corrected chi connectivity index (χ4v) is 3.03. The number of likely N-dealkylation sites (N-methyl/N-ethyl adjacent to an activating group) is 1. The molecule has 0 fully saturated rings. The Morgan fingerprint density at radius 2 is 1.69 bits per heavy atom. The molecule has 0 saturated carbocycles. The summed E-state index contributed by atoms with van der Waals surface area (Å²) in [4.78, 5) is 8.13. The molecule has 0 unspecified atom stereocenters. The SMILES string of the molecule is CN=C(NCc1ccc(N(C)C)c(F)c1)N(C)CCc1ccc(OC)c(OC)c1. The van der Waals surface area contributed by atoms with Gasteiger partial charge in [-0.3, -0.25) is 4.99 Å². The zero-order valence-corrected chi connectivity index (χ0v) is 18.1. The molecule has 0 aliphatic carbocycles. The number of aliphatic imine (C=N–C) groups is 1. The van der Waals surface area contributed by atoms with Gasteiger partial charge in [0.25, 0.3) is 0 Å². The highest BCUT2D eigenvalue weighted by atomic mass is 19.1. The number of guanidine groups is 1. The van der Waals surface area contributed by atoms with Crippen molar-refractivity contribution in [1.82, 2.24) is 10.2 Å². The molecular formula is C22H31FN4O2. The molecule has 158 valence electrons. The van der Waals surface area contributed by atoms with Gasteiger partial charge in [-0.1, -0.05) is 12.1 Å². The Hall–Kier alpha value is -2.96. The second-order valence-corrected chi connectivity index (χ2v) is 6.94. The number of hydrogen-bond donors (Lipinski definition) is 1. The van der Waals surface area contributed by atoms with Gasteiger partial charge >= 0.3 is 0 Å². The van der Waals surface area contributed by atoms with E-state index in [-0.39, 0.29) is 5.82 Å². The lowest BCUT2D eigenvalue weighted by Crippen LogP contribution is -2.39. The minimum absolute atomic E-state index is 0.230. The fourth-order valence-electron chi connectivity index (χ4n) is 3.03. The van der Waals surface area contributed by atoms with Crippen molar-refractivity contribution in [2.75, 3.05) is 53.9 Å². The van der Waals surface area contributed by atoms with Crippen LogP contribution in [0.4, 0.5) is 10.1 Å². The Morgan fingerprint density at radius 1 is 1.00 bits per heavy atom. The number of nitrogens with zero attached hydrogens (tertiary/aromatic N) is 3. The summed E-state index contributed by atoms with van der Waals surface area (Å²) in [6.45, 7) is 1.26. The Labute approximate surface area is 172 Å². The standard InChI is InChI=1S/C22H31FN4O2/c1-24-22(25-15-17-7-9-19(26(2)3)18(23)13-17)27(4)12-11-16-8-10-20(28-5)21(14-16)29-6/h7-10,13-14H,11-12,15H2,1-6H3,(H,24,25). The Morgan fingerprint density at radius 3 is 2.28 bits per heavy atom. The van der Waals surface area contributed by atoms with E-state index < -0.39 is 0 Å². The quantitative estimate of drug-likeness (QED) is 0.543. The van der Waals surface area contributed by atoms with Crippen molar-refractivity contribution in [2.45, 2.75) is 13.0 Å². The smallest absolute Gasteiger partial charge is 0.193 e. The lowest BCUT2D eigenvalue weighted by atomic mass is 10.1. The van der Waals surface area contributed by atoms with Crippen molar-refractivity contribution < 1.29 is 13.9 Å². The van der Waals surface area contributed by atoms with Gasteiger partial charge in [0.1, 0.15) is 5.82 Å². The maximum Gasteiger partial charge on any atom is 0.193 e. The molecule has 0 radical (unpaired) electrons. The third-order valence-corrected chi connectivity index (χ3v) is 4.70. The van der Waals surface area contributed by atoms with Gasteiger partial charge in [-0.15, -0.1) is 0 Å². The van der Waals surface area contributed by atoms with E-state index in [0.717, 1.165) is 41.6 Å². The molecule has 0 bridgehead atoms. The van der Waals surface area contributed by atoms with Gasteiger partial charge in [-0.25, -0.2) is 4.39 Å². The molecule has 0 amide bonds. The number of hydrogen-bond acceptors (Lipinski definition) is 4. The summed E-state index contributed by atoms with van der Waals surface area (Å²) >= 11 is 0. The first-order valence-corrected chi connectivity index (χ1v) is 9.48. The van der Waals surface area contributed by atoms with E-state index in [2.05, 4.69) is 10.3 Å². The van der Waals surface area contributed by atoms with E-state index in [0.29, 0.717) is 12.2 Å². The lowest BCUT2D eigenvalue weighted by Gasteiger charge is -2.22. The average Bonchev–Trinajstić information content (AvgIpc) is 2.72. The van der Waals surface area contributed by atoms with Crippen molar-refractivity contribution >= 4 is 11.6 Å². The van der Waals surface area contributed by atoms with E-state index in [9.17, 15) is 4.39 Å². The van der Waals surface area contributed by atoms with Crippen LogP contribution in [0.25, 0.3) is 0 Å². The van der Waals surface area contributed by atoms with E-state index in [1.54, 1.807) is 38.3 Å². The summed E-state index contributed by atoms with van der Waals surface area (Å²) < 4.78 is 24.8. The van der Waals surface area contributed by atoms with Crippen molar-refractivity contribution in [1.29, 1.82) is 0 Å². The van der Waals surface area contributed by atoms with Crippen LogP contribution in [-0.4, -0.2) is 59.8 Å². The molecule has 2 rings (SSSR count). The molecule has 0 saturated heterocycles. The molecule has 0 aliphatic heterocycles. The number of benzene rings is 2. The maximum absolute atomic E-state index is 14.2. The zero-order chi connectivity index (χ0) is 21.4. The van der Waals surface area contributed by atoms with E-state index >= 15 is 0 Å². The second kappa shape index (κ2) is 10.5. The van der Waals surface area contributed by atoms with E-state index in [1.165, 1.54) is 0 Å². The van der Waals surface area contributed by atoms with Gasteiger partial charge in [-0.05, 0) is 41.8 Å². The number of nitrogens with one attached hydrogen (secondary N) is 1. The largest absolute Gasteiger partial charge is 0.493 e. The van der Waals surface area contributed by atoms with Crippen LogP contribution in [0.3, 0.4) is 0 Å². The summed E-state index contributed by atoms with van der Waals surface area (Å²) in [6.07, 6.45) is 0.823. The van der Waals surface area contributed by atoms with Crippen molar-refractivity contribution in [3.63, 3.8) is 0 Å². The monoisotopic (exact) mass is 402 g/mol. The molecule has 0 spiro atoms. The third kappa shape index (κ3) is 6.01. The first kappa shape index (κ1) is 22.3. The Balaban J connectivity index is 1.94. The van der Waals surface area contributed by atoms with Gasteiger partial charge in [0.2, 0.25) is 0 Å². The fraction of sp³-hybridized carbons (Fsp3) is 0.409. The van der Waals surface area contributed by atoms with Crippen LogP contribution >= 0.6 is 0 Å². The minimum atomic E-state index is -0.230. The lowest BCUT2D eigenvalue weighted by molar-refractivity contribution is 0.354. The normalized spacial score (nSPS) is 11.2. The van der Waals surface area contributed by atoms with Crippen LogP contribution in [0.5, 0.6) is 11.5 Å². The molecule has 2 aromatic rings. The summed E-state index contributed by atoms with van der Waals surface area (Å²) in [5.41, 5.74) is 2.58. The van der Waals surface area contributed by atoms with Gasteiger partial charge < -0.3 is 24.6 Å². The molecule has 7 heteroatoms. The number of rotatable bonds is 8. The van der Waals surface area contributed by atoms with Gasteiger partial charge in [0, 0.05) is 41.3 Å². The van der Waals surface area contributed by atoms with Crippen molar-refractivity contribution in [3.05, 3.63) is 53.3 Å². The van der Waals surface area contributed by atoms with Crippen LogP contribution in [0.1, 0.15) is 11.1 Å². The zero-order valence-electron chi connectivity index (χ0n) is 18.1. The number of anilines is 1. The predicted octanol–water partition coefficient (Wildman–Crippen LogP) is 3.16. The molecule has 2 aromatic carbocycles. The summed E-state index contributed by atoms with van der Waals surface area (Å²) in [7, 11) is 10.6. The first-order chi connectivity index (χ1) is 13.9. The van der Waals surface area contributed by atoms with Crippen molar-refractivity contribution in [3.8, 4) is 11.5 Å². The molecule has 0 heterocycles. The molecule has 1 N–H and O–H groups in total. The van der Waals surface area contributed by atoms with Crippen LogP contribution in [0.2, 0.25) is 0 Å². The summed E-state index contributed by atoms with van der Waals surface area (Å²) in [5, 5.41) is 3.29. The molecule has 0 atom stereocenters. The average molecular weight is 403 g/mol. The number of halogens is 1. The second-order valence-electron chi connectivity index (χ2n) is 6.94. The van der Waals surface area contributed by atoms with Gasteiger partial charge in [-0.2, -0.15) is 0 Å². The highest BCUT2D eigenvalue weighted by Gasteiger charge is 2.10. The van der Waals surface area contributed by atoms with Crippen LogP contribution in [0.15, 0.2) is 41.4 Å². The highest BCUT2D eigenvalue weighted by molar-refractivity contribution is 5.79. The Bertz CT molecular complexity index is 840. The third-order valence-electron chi connectivity index (χ3n) is 4.70. The summed E-state index contributed by atoms with van der Waals surface area (Å²) in [6, 6.07) is 11.2. The van der Waals surface area contributed by atoms with E-state index in [4.69, 9.17) is 9.47 Å². The summed E-state index contributed by atoms with van der Waals surface area (Å²) in [5.74, 6) is 1.96. The molecule has 0 aliphatic rings. The molecule has 0 aromatic heterocycles. The number of ether oxygens (including phenoxy) is 2. The van der Waals surface area contributed by atoms with Crippen LogP contribution in [-0.2, 0) is 13.0 Å². The van der Waals surface area contributed by atoms with Crippen molar-refractivity contribution in [2.24, 2.45) is 4.99 Å². The highest BCUT2D eigenvalue weighted by Crippen LogP contribution is 2.27. The van der Waals surface area contributed by atoms with Gasteiger partial charge in [0.15, 0.2) is 17.5 Å². The van der Waals surface area contributed by atoms with Gasteiger partial charge in [0.05, 0.1) is 19.9 Å². The van der Waals surface area contributed by atoms with Crippen LogP contribution in [0, 0.1) is 5.82 Å². The van der Waals surface area contributed by atoms with E-state index in [1.807, 2.05) is 50.3 Å². The predicted molar refractivity (Wildman–Crippen MR) is 117 cm³/mol. The van der Waals surface area contributed by atoms with Crippen LogP contribution < -0.4 is 19.7 Å². The minimum Gasteiger partial charge on any atom is -0.493 e.